The van der Waals surface area contributed by atoms with Crippen LogP contribution in [0.3, 0.4) is 0 Å². The second-order valence-corrected chi connectivity index (χ2v) is 4.23. The molecule has 0 spiro atoms. The van der Waals surface area contributed by atoms with E-state index in [1.165, 1.54) is 0 Å². The molecule has 2 aromatic rings. The number of H-pyrrole nitrogens is 1. The van der Waals surface area contributed by atoms with Crippen molar-refractivity contribution in [3.8, 4) is 0 Å². The fourth-order valence-corrected chi connectivity index (χ4v) is 1.62. The fraction of sp³-hybridized carbons (Fsp3) is 0.364. The Morgan fingerprint density at radius 3 is 2.88 bits per heavy atom. The van der Waals surface area contributed by atoms with Crippen molar-refractivity contribution in [2.24, 2.45) is 11.7 Å². The number of pyridine rings is 1. The average Bonchev–Trinajstić information content (AvgIpc) is 2.60. The summed E-state index contributed by atoms with van der Waals surface area (Å²) >= 11 is 0. The van der Waals surface area contributed by atoms with Crippen molar-refractivity contribution >= 4 is 16.9 Å². The molecule has 0 bridgehead atoms. The number of hydrogen-bond acceptors (Lipinski definition) is 3. The van der Waals surface area contributed by atoms with E-state index in [0.29, 0.717) is 5.92 Å². The van der Waals surface area contributed by atoms with Crippen LogP contribution in [-0.2, 0) is 6.42 Å². The van der Waals surface area contributed by atoms with Gasteiger partial charge in [-0.2, -0.15) is 5.10 Å². The summed E-state index contributed by atoms with van der Waals surface area (Å²) in [6, 6.07) is 3.38. The van der Waals surface area contributed by atoms with Crippen LogP contribution in [0, 0.1) is 5.92 Å². The quantitative estimate of drug-likeness (QED) is 0.813. The van der Waals surface area contributed by atoms with E-state index in [9.17, 15) is 4.79 Å². The number of carbonyl (C=O) groups is 1. The molecule has 0 unspecified atom stereocenters. The van der Waals surface area contributed by atoms with Gasteiger partial charge in [-0.25, -0.2) is 4.98 Å². The van der Waals surface area contributed by atoms with Gasteiger partial charge in [0.15, 0.2) is 0 Å². The van der Waals surface area contributed by atoms with Crippen molar-refractivity contribution in [3.05, 3.63) is 23.5 Å². The van der Waals surface area contributed by atoms with Crippen molar-refractivity contribution in [1.29, 1.82) is 0 Å². The van der Waals surface area contributed by atoms with Gasteiger partial charge < -0.3 is 5.73 Å². The summed E-state index contributed by atoms with van der Waals surface area (Å²) in [6.07, 6.45) is 0.829. The summed E-state index contributed by atoms with van der Waals surface area (Å²) in [5, 5.41) is 7.09. The first-order chi connectivity index (χ1) is 7.58. The lowest BCUT2D eigenvalue weighted by Gasteiger charge is -2.01. The van der Waals surface area contributed by atoms with Gasteiger partial charge in [-0.05, 0) is 24.5 Å². The van der Waals surface area contributed by atoms with Gasteiger partial charge in [0.2, 0.25) is 0 Å². The highest BCUT2D eigenvalue weighted by Crippen LogP contribution is 2.16. The topological polar surface area (TPSA) is 84.7 Å². The van der Waals surface area contributed by atoms with E-state index in [1.54, 1.807) is 12.1 Å². The number of rotatable bonds is 3. The Bertz CT molecular complexity index is 530. The molecule has 0 saturated carbocycles. The van der Waals surface area contributed by atoms with Crippen LogP contribution in [0.2, 0.25) is 0 Å². The third-order valence-corrected chi connectivity index (χ3v) is 2.33. The molecule has 5 nitrogen and oxygen atoms in total. The number of nitrogens with two attached hydrogens (primary N) is 1. The van der Waals surface area contributed by atoms with Crippen molar-refractivity contribution < 1.29 is 4.79 Å². The molecule has 0 aliphatic heterocycles. The van der Waals surface area contributed by atoms with E-state index < -0.39 is 5.91 Å². The normalized spacial score (nSPS) is 11.2. The van der Waals surface area contributed by atoms with Gasteiger partial charge in [0, 0.05) is 0 Å². The number of nitrogens with one attached hydrogen (secondary N) is 1. The maximum atomic E-state index is 11.0. The number of amides is 1. The van der Waals surface area contributed by atoms with E-state index in [-0.39, 0.29) is 5.69 Å². The van der Waals surface area contributed by atoms with Gasteiger partial charge in [0.25, 0.3) is 5.91 Å². The minimum atomic E-state index is -0.515. The lowest BCUT2D eigenvalue weighted by molar-refractivity contribution is 0.0996. The Morgan fingerprint density at radius 1 is 1.50 bits per heavy atom. The zero-order valence-electron chi connectivity index (χ0n) is 9.32. The number of hydrogen-bond donors (Lipinski definition) is 2. The Kier molecular flexibility index (Phi) is 2.60. The number of primary amides is 1. The van der Waals surface area contributed by atoms with Crippen molar-refractivity contribution in [2.45, 2.75) is 20.3 Å². The van der Waals surface area contributed by atoms with Crippen molar-refractivity contribution in [3.63, 3.8) is 0 Å². The van der Waals surface area contributed by atoms with Gasteiger partial charge in [-0.15, -0.1) is 0 Å². The Balaban J connectivity index is 2.51. The maximum absolute atomic E-state index is 11.0. The Hall–Kier alpha value is -1.91. The molecular formula is C11H14N4O. The van der Waals surface area contributed by atoms with Crippen molar-refractivity contribution in [2.75, 3.05) is 0 Å². The Morgan fingerprint density at radius 2 is 2.25 bits per heavy atom. The molecule has 84 valence electrons. The molecule has 0 aliphatic carbocycles. The molecule has 0 fully saturated rings. The lowest BCUT2D eigenvalue weighted by atomic mass is 10.1. The van der Waals surface area contributed by atoms with E-state index in [4.69, 9.17) is 5.73 Å². The molecule has 0 aliphatic rings. The third kappa shape index (κ3) is 1.88. The monoisotopic (exact) mass is 218 g/mol. The predicted octanol–water partition coefficient (Wildman–Crippen LogP) is 1.26. The van der Waals surface area contributed by atoms with Gasteiger partial charge in [0.1, 0.15) is 11.2 Å². The second-order valence-electron chi connectivity index (χ2n) is 4.23. The van der Waals surface area contributed by atoms with Crippen LogP contribution in [0.1, 0.15) is 30.0 Å². The SMILES string of the molecule is CC(C)Cc1n[nH]c2ccc(C(N)=O)nc12. The average molecular weight is 218 g/mol. The summed E-state index contributed by atoms with van der Waals surface area (Å²) in [5.74, 6) is -0.0240. The number of nitrogens with zero attached hydrogens (tertiary/aromatic N) is 2. The van der Waals surface area contributed by atoms with Gasteiger partial charge >= 0.3 is 0 Å². The van der Waals surface area contributed by atoms with Gasteiger partial charge in [-0.3, -0.25) is 9.89 Å². The van der Waals surface area contributed by atoms with Crippen LogP contribution < -0.4 is 5.73 Å². The van der Waals surface area contributed by atoms with Gasteiger partial charge in [0.05, 0.1) is 11.2 Å². The molecule has 3 N–H and O–H groups in total. The van der Waals surface area contributed by atoms with E-state index in [0.717, 1.165) is 23.1 Å². The molecular weight excluding hydrogens is 204 g/mol. The molecule has 16 heavy (non-hydrogen) atoms. The minimum absolute atomic E-state index is 0.277. The number of carbonyl (C=O) groups excluding carboxylic acids is 1. The molecule has 2 aromatic heterocycles. The number of aromatic nitrogens is 3. The van der Waals surface area contributed by atoms with Crippen molar-refractivity contribution in [1.82, 2.24) is 15.2 Å². The molecule has 0 saturated heterocycles. The van der Waals surface area contributed by atoms with Crippen LogP contribution in [0.4, 0.5) is 0 Å². The van der Waals surface area contributed by atoms with Crippen LogP contribution in [0.5, 0.6) is 0 Å². The first-order valence-corrected chi connectivity index (χ1v) is 5.21. The number of aromatic amines is 1. The second kappa shape index (κ2) is 3.92. The van der Waals surface area contributed by atoms with Gasteiger partial charge in [-0.1, -0.05) is 13.8 Å². The third-order valence-electron chi connectivity index (χ3n) is 2.33. The summed E-state index contributed by atoms with van der Waals surface area (Å²) in [4.78, 5) is 15.2. The highest BCUT2D eigenvalue weighted by atomic mass is 16.1. The first-order valence-electron chi connectivity index (χ1n) is 5.21. The maximum Gasteiger partial charge on any atom is 0.267 e. The molecule has 0 aromatic carbocycles. The zero-order valence-corrected chi connectivity index (χ0v) is 9.32. The molecule has 1 amide bonds. The summed E-state index contributed by atoms with van der Waals surface area (Å²) in [5.41, 5.74) is 7.93. The smallest absolute Gasteiger partial charge is 0.267 e. The molecule has 0 radical (unpaired) electrons. The highest BCUT2D eigenvalue weighted by Gasteiger charge is 2.11. The van der Waals surface area contributed by atoms with E-state index in [2.05, 4.69) is 29.0 Å². The summed E-state index contributed by atoms with van der Waals surface area (Å²) in [6.45, 7) is 4.22. The molecule has 5 heteroatoms. The van der Waals surface area contributed by atoms with Crippen LogP contribution in [0.25, 0.3) is 11.0 Å². The first kappa shape index (κ1) is 10.6. The largest absolute Gasteiger partial charge is 0.364 e. The summed E-state index contributed by atoms with van der Waals surface area (Å²) in [7, 11) is 0. The highest BCUT2D eigenvalue weighted by molar-refractivity contribution is 5.93. The van der Waals surface area contributed by atoms with E-state index >= 15 is 0 Å². The van der Waals surface area contributed by atoms with Crippen LogP contribution in [-0.4, -0.2) is 21.1 Å². The summed E-state index contributed by atoms with van der Waals surface area (Å²) < 4.78 is 0. The number of fused-ring (bicyclic) bond motifs is 1. The molecule has 2 heterocycles. The lowest BCUT2D eigenvalue weighted by Crippen LogP contribution is -2.12. The Labute approximate surface area is 93.1 Å². The standard InChI is InChI=1S/C11H14N4O/c1-6(2)5-9-10-7(14-15-9)3-4-8(13-10)11(12)16/h3-4,6H,5H2,1-2H3,(H2,12,16)(H,14,15). The molecule has 0 atom stereocenters. The van der Waals surface area contributed by atoms with E-state index in [1.807, 2.05) is 0 Å². The van der Waals surface area contributed by atoms with Crippen LogP contribution >= 0.6 is 0 Å². The molecule has 2 rings (SSSR count). The minimum Gasteiger partial charge on any atom is -0.364 e. The predicted molar refractivity (Wildman–Crippen MR) is 60.9 cm³/mol. The van der Waals surface area contributed by atoms with Crippen LogP contribution in [0.15, 0.2) is 12.1 Å². The zero-order chi connectivity index (χ0) is 11.7. The fourth-order valence-electron chi connectivity index (χ4n) is 1.62.